The highest BCUT2D eigenvalue weighted by molar-refractivity contribution is 7.90. The lowest BCUT2D eigenvalue weighted by atomic mass is 9.48. The highest BCUT2D eigenvalue weighted by atomic mass is 32.2. The fourth-order valence-electron chi connectivity index (χ4n) is 6.48. The van der Waals surface area contributed by atoms with Crippen molar-refractivity contribution in [2.24, 2.45) is 27.6 Å². The fraction of sp³-hybridized carbons (Fsp3) is 0.700. The quantitative estimate of drug-likeness (QED) is 0.803. The summed E-state index contributed by atoms with van der Waals surface area (Å²) in [5.74, 6) is 2.89. The summed E-state index contributed by atoms with van der Waals surface area (Å²) >= 11 is 0. The lowest BCUT2D eigenvalue weighted by molar-refractivity contribution is -0.122. The Morgan fingerprint density at radius 1 is 1.19 bits per heavy atom. The van der Waals surface area contributed by atoms with Crippen molar-refractivity contribution in [2.45, 2.75) is 51.5 Å². The predicted octanol–water partition coefficient (Wildman–Crippen LogP) is 2.21. The summed E-state index contributed by atoms with van der Waals surface area (Å²) in [7, 11) is -3.37. The van der Waals surface area contributed by atoms with Gasteiger partial charge in [-0.05, 0) is 80.8 Å². The van der Waals surface area contributed by atoms with Crippen LogP contribution in [0.3, 0.4) is 0 Å². The van der Waals surface area contributed by atoms with Gasteiger partial charge in [-0.25, -0.2) is 8.42 Å². The largest absolute Gasteiger partial charge is 0.349 e. The molecule has 4 saturated carbocycles. The van der Waals surface area contributed by atoms with Gasteiger partial charge in [-0.15, -0.1) is 4.40 Å². The molecule has 0 aromatic carbocycles. The van der Waals surface area contributed by atoms with E-state index in [2.05, 4.69) is 16.6 Å². The molecule has 0 saturated heterocycles. The Hall–Kier alpha value is -1.63. The highest BCUT2D eigenvalue weighted by Gasteiger charge is 2.53. The van der Waals surface area contributed by atoms with Crippen LogP contribution in [0.15, 0.2) is 28.3 Å². The van der Waals surface area contributed by atoms with Crippen LogP contribution in [-0.2, 0) is 14.8 Å². The Balaban J connectivity index is 1.30. The molecule has 27 heavy (non-hydrogen) atoms. The van der Waals surface area contributed by atoms with Gasteiger partial charge in [-0.3, -0.25) is 4.79 Å². The Kier molecular flexibility index (Phi) is 3.84. The van der Waals surface area contributed by atoms with E-state index >= 15 is 0 Å². The molecule has 1 amide bonds. The van der Waals surface area contributed by atoms with E-state index in [0.717, 1.165) is 17.8 Å². The first-order valence-corrected chi connectivity index (χ1v) is 11.7. The zero-order chi connectivity index (χ0) is 18.8. The maximum atomic E-state index is 12.9. The zero-order valence-electron chi connectivity index (χ0n) is 15.7. The van der Waals surface area contributed by atoms with Gasteiger partial charge in [0.2, 0.25) is 0 Å². The van der Waals surface area contributed by atoms with E-state index < -0.39 is 10.0 Å². The molecule has 0 spiro atoms. The molecular formula is C20H27N3O3S. The summed E-state index contributed by atoms with van der Waals surface area (Å²) in [6.45, 7) is 2.52. The molecule has 6 rings (SSSR count). The van der Waals surface area contributed by atoms with Crippen molar-refractivity contribution in [3.05, 3.63) is 23.9 Å². The Bertz CT molecular complexity index is 836. The van der Waals surface area contributed by atoms with Crippen molar-refractivity contribution >= 4 is 21.8 Å². The Labute approximate surface area is 160 Å². The van der Waals surface area contributed by atoms with E-state index in [1.54, 1.807) is 23.3 Å². The van der Waals surface area contributed by atoms with Crippen molar-refractivity contribution in [2.75, 3.05) is 12.3 Å². The van der Waals surface area contributed by atoms with Crippen LogP contribution in [0.5, 0.6) is 0 Å². The topological polar surface area (TPSA) is 78.8 Å². The van der Waals surface area contributed by atoms with Crippen LogP contribution in [0.2, 0.25) is 0 Å². The summed E-state index contributed by atoms with van der Waals surface area (Å²) in [5.41, 5.74) is 0.847. The molecule has 0 radical (unpaired) electrons. The minimum atomic E-state index is -3.37. The van der Waals surface area contributed by atoms with Gasteiger partial charge in [-0.2, -0.15) is 0 Å². The van der Waals surface area contributed by atoms with E-state index in [-0.39, 0.29) is 23.1 Å². The number of nitrogens with zero attached hydrogens (tertiary/aromatic N) is 2. The van der Waals surface area contributed by atoms with Crippen molar-refractivity contribution in [1.82, 2.24) is 10.2 Å². The summed E-state index contributed by atoms with van der Waals surface area (Å²) in [6.07, 6.45) is 13.0. The van der Waals surface area contributed by atoms with Gasteiger partial charge in [0.05, 0.1) is 11.3 Å². The molecule has 146 valence electrons. The SMILES string of the molecule is CC(NC(=O)C1=CN2CCS(=O)(=O)N=C2C=C1)C12CC3CC(CC(C3)C1)C2. The number of carbonyl (C=O) groups excluding carboxylic acids is 1. The van der Waals surface area contributed by atoms with Gasteiger partial charge in [0.15, 0.2) is 0 Å². The van der Waals surface area contributed by atoms with Crippen LogP contribution in [0.4, 0.5) is 0 Å². The third kappa shape index (κ3) is 3.04. The number of fused-ring (bicyclic) bond motifs is 1. The van der Waals surface area contributed by atoms with E-state index in [1.165, 1.54) is 38.5 Å². The third-order valence-corrected chi connectivity index (χ3v) is 8.60. The third-order valence-electron chi connectivity index (χ3n) is 7.44. The molecule has 4 aliphatic carbocycles. The van der Waals surface area contributed by atoms with Crippen LogP contribution < -0.4 is 5.32 Å². The van der Waals surface area contributed by atoms with Crippen LogP contribution in [0.25, 0.3) is 0 Å². The smallest absolute Gasteiger partial charge is 0.256 e. The fourth-order valence-corrected chi connectivity index (χ4v) is 7.45. The van der Waals surface area contributed by atoms with E-state index in [4.69, 9.17) is 0 Å². The molecule has 1 atom stereocenters. The van der Waals surface area contributed by atoms with Gasteiger partial charge in [0, 0.05) is 18.8 Å². The standard InChI is InChI=1S/C20H27N3O3S/c1-13(20-9-14-6-15(10-20)8-16(7-14)11-20)21-19(24)17-2-3-18-22-27(25,26)5-4-23(18)12-17/h2-3,12-16H,4-11H2,1H3,(H,21,24). The average Bonchev–Trinajstić information content (AvgIpc) is 2.59. The Morgan fingerprint density at radius 2 is 1.81 bits per heavy atom. The monoisotopic (exact) mass is 389 g/mol. The zero-order valence-corrected chi connectivity index (χ0v) is 16.5. The highest BCUT2D eigenvalue weighted by Crippen LogP contribution is 2.61. The second-order valence-corrected chi connectivity index (χ2v) is 11.1. The van der Waals surface area contributed by atoms with Gasteiger partial charge >= 0.3 is 0 Å². The first-order valence-electron chi connectivity index (χ1n) is 10.1. The molecule has 4 bridgehead atoms. The normalized spacial score (nSPS) is 39.4. The average molecular weight is 390 g/mol. The number of amidine groups is 1. The molecule has 2 heterocycles. The summed E-state index contributed by atoms with van der Waals surface area (Å²) in [4.78, 5) is 14.6. The molecular weight excluding hydrogens is 362 g/mol. The van der Waals surface area contributed by atoms with Crippen molar-refractivity contribution in [1.29, 1.82) is 0 Å². The van der Waals surface area contributed by atoms with Crippen LogP contribution in [0.1, 0.15) is 45.4 Å². The minimum Gasteiger partial charge on any atom is -0.349 e. The van der Waals surface area contributed by atoms with Crippen LogP contribution in [0, 0.1) is 23.2 Å². The second kappa shape index (κ2) is 5.93. The van der Waals surface area contributed by atoms with Crippen LogP contribution in [-0.4, -0.2) is 43.4 Å². The molecule has 1 N–H and O–H groups in total. The van der Waals surface area contributed by atoms with E-state index in [0.29, 0.717) is 18.0 Å². The van der Waals surface area contributed by atoms with Crippen molar-refractivity contribution in [3.63, 3.8) is 0 Å². The van der Waals surface area contributed by atoms with Crippen molar-refractivity contribution in [3.8, 4) is 0 Å². The van der Waals surface area contributed by atoms with Crippen molar-refractivity contribution < 1.29 is 13.2 Å². The minimum absolute atomic E-state index is 0.0145. The number of rotatable bonds is 3. The molecule has 2 aliphatic heterocycles. The molecule has 6 aliphatic rings. The maximum Gasteiger partial charge on any atom is 0.256 e. The summed E-state index contributed by atoms with van der Waals surface area (Å²) in [6, 6.07) is 0.171. The van der Waals surface area contributed by atoms with Gasteiger partial charge in [0.25, 0.3) is 15.9 Å². The number of amides is 1. The van der Waals surface area contributed by atoms with Gasteiger partial charge < -0.3 is 10.2 Å². The van der Waals surface area contributed by atoms with E-state index in [9.17, 15) is 13.2 Å². The maximum absolute atomic E-state index is 12.9. The molecule has 1 unspecified atom stereocenters. The Morgan fingerprint density at radius 3 is 2.44 bits per heavy atom. The molecule has 6 nitrogen and oxygen atoms in total. The lowest BCUT2D eigenvalue weighted by Crippen LogP contribution is -2.56. The number of hydrogen-bond acceptors (Lipinski definition) is 4. The summed E-state index contributed by atoms with van der Waals surface area (Å²) < 4.78 is 27.0. The second-order valence-electron chi connectivity index (χ2n) is 9.32. The van der Waals surface area contributed by atoms with E-state index in [1.807, 2.05) is 0 Å². The molecule has 7 heteroatoms. The molecule has 0 aromatic rings. The molecule has 4 fully saturated rings. The number of nitrogens with one attached hydrogen (secondary N) is 1. The number of carbonyl (C=O) groups is 1. The van der Waals surface area contributed by atoms with Gasteiger partial charge in [-0.1, -0.05) is 0 Å². The summed E-state index contributed by atoms with van der Waals surface area (Å²) in [5, 5.41) is 3.28. The first-order chi connectivity index (χ1) is 12.8. The van der Waals surface area contributed by atoms with Gasteiger partial charge in [0.1, 0.15) is 5.84 Å². The first kappa shape index (κ1) is 17.5. The predicted molar refractivity (Wildman–Crippen MR) is 103 cm³/mol. The number of sulfonamides is 1. The number of hydrogen-bond donors (Lipinski definition) is 1. The lowest BCUT2D eigenvalue weighted by Gasteiger charge is -2.59. The van der Waals surface area contributed by atoms with Crippen LogP contribution >= 0.6 is 0 Å². The molecule has 0 aromatic heterocycles.